The number of hydrogen-bond donors (Lipinski definition) is 1. The summed E-state index contributed by atoms with van der Waals surface area (Å²) in [5, 5.41) is 2.98. The Morgan fingerprint density at radius 3 is 2.61 bits per heavy atom. The molecule has 3 aromatic rings. The van der Waals surface area contributed by atoms with Gasteiger partial charge in [0.25, 0.3) is 5.91 Å². The second-order valence-corrected chi connectivity index (χ2v) is 6.97. The van der Waals surface area contributed by atoms with Gasteiger partial charge in [0.05, 0.1) is 19.5 Å². The fourth-order valence-corrected chi connectivity index (χ4v) is 3.32. The summed E-state index contributed by atoms with van der Waals surface area (Å²) in [7, 11) is 0. The normalized spacial score (nSPS) is 14.7. The van der Waals surface area contributed by atoms with Crippen LogP contribution in [0, 0.1) is 0 Å². The Labute approximate surface area is 164 Å². The number of hydrogen-bond acceptors (Lipinski definition) is 4. The number of aromatic nitrogens is 2. The fraction of sp³-hybridized carbons (Fsp3) is 0.273. The summed E-state index contributed by atoms with van der Waals surface area (Å²) in [6, 6.07) is 15.7. The Hall–Kier alpha value is -2.96. The lowest BCUT2D eigenvalue weighted by atomic mass is 10.1. The molecular formula is C22H24N4O2. The molecule has 2 heterocycles. The summed E-state index contributed by atoms with van der Waals surface area (Å²) in [6.45, 7) is 5.13. The van der Waals surface area contributed by atoms with Crippen LogP contribution in [0.15, 0.2) is 67.3 Å². The number of imidazole rings is 1. The van der Waals surface area contributed by atoms with Crippen molar-refractivity contribution in [3.8, 4) is 0 Å². The molecule has 1 aliphatic rings. The molecular weight excluding hydrogens is 352 g/mol. The van der Waals surface area contributed by atoms with Gasteiger partial charge in [0, 0.05) is 49.8 Å². The summed E-state index contributed by atoms with van der Waals surface area (Å²) in [4.78, 5) is 19.0. The molecule has 144 valence electrons. The number of morpholine rings is 1. The van der Waals surface area contributed by atoms with Crippen LogP contribution in [0.2, 0.25) is 0 Å². The molecule has 0 saturated carbocycles. The third-order valence-electron chi connectivity index (χ3n) is 4.84. The number of rotatable bonds is 6. The highest BCUT2D eigenvalue weighted by atomic mass is 16.5. The van der Waals surface area contributed by atoms with E-state index in [0.717, 1.165) is 44.1 Å². The highest BCUT2D eigenvalue weighted by Gasteiger charge is 2.11. The quantitative estimate of drug-likeness (QED) is 0.718. The summed E-state index contributed by atoms with van der Waals surface area (Å²) >= 11 is 0. The molecule has 0 aliphatic carbocycles. The number of nitrogens with one attached hydrogen (secondary N) is 1. The van der Waals surface area contributed by atoms with Gasteiger partial charge in [0.15, 0.2) is 0 Å². The number of ether oxygens (including phenoxy) is 1. The molecule has 1 fully saturated rings. The summed E-state index contributed by atoms with van der Waals surface area (Å²) in [5.41, 5.74) is 3.75. The summed E-state index contributed by atoms with van der Waals surface area (Å²) in [5.74, 6) is -0.103. The van der Waals surface area contributed by atoms with Crippen molar-refractivity contribution in [1.82, 2.24) is 14.5 Å². The number of anilines is 1. The van der Waals surface area contributed by atoms with E-state index in [4.69, 9.17) is 4.74 Å². The molecule has 1 aliphatic heterocycles. The molecule has 1 saturated heterocycles. The number of nitrogens with zero attached hydrogens (tertiary/aromatic N) is 3. The Balaban J connectivity index is 1.36. The molecule has 0 atom stereocenters. The van der Waals surface area contributed by atoms with E-state index in [2.05, 4.69) is 27.3 Å². The van der Waals surface area contributed by atoms with Crippen molar-refractivity contribution < 1.29 is 9.53 Å². The van der Waals surface area contributed by atoms with Crippen molar-refractivity contribution in [2.45, 2.75) is 13.1 Å². The van der Waals surface area contributed by atoms with Crippen LogP contribution in [0.1, 0.15) is 21.5 Å². The molecule has 0 spiro atoms. The molecule has 2 aromatic carbocycles. The largest absolute Gasteiger partial charge is 0.379 e. The Kier molecular flexibility index (Phi) is 5.80. The third kappa shape index (κ3) is 4.85. The van der Waals surface area contributed by atoms with E-state index in [1.54, 1.807) is 12.5 Å². The molecule has 1 aromatic heterocycles. The van der Waals surface area contributed by atoms with Crippen molar-refractivity contribution in [2.24, 2.45) is 0 Å². The van der Waals surface area contributed by atoms with E-state index in [1.807, 2.05) is 47.2 Å². The van der Waals surface area contributed by atoms with Gasteiger partial charge in [0.2, 0.25) is 0 Å². The highest BCUT2D eigenvalue weighted by molar-refractivity contribution is 6.04. The second kappa shape index (κ2) is 8.82. The van der Waals surface area contributed by atoms with Crippen LogP contribution < -0.4 is 5.32 Å². The first kappa shape index (κ1) is 18.4. The fourth-order valence-electron chi connectivity index (χ4n) is 3.32. The van der Waals surface area contributed by atoms with E-state index < -0.39 is 0 Å². The van der Waals surface area contributed by atoms with Gasteiger partial charge >= 0.3 is 0 Å². The average molecular weight is 376 g/mol. The first-order chi connectivity index (χ1) is 13.8. The lowest BCUT2D eigenvalue weighted by Gasteiger charge is -2.26. The smallest absolute Gasteiger partial charge is 0.255 e. The van der Waals surface area contributed by atoms with Crippen LogP contribution >= 0.6 is 0 Å². The molecule has 1 N–H and O–H groups in total. The van der Waals surface area contributed by atoms with Crippen molar-refractivity contribution in [1.29, 1.82) is 0 Å². The predicted molar refractivity (Wildman–Crippen MR) is 108 cm³/mol. The first-order valence-electron chi connectivity index (χ1n) is 9.51. The van der Waals surface area contributed by atoms with E-state index in [9.17, 15) is 4.79 Å². The van der Waals surface area contributed by atoms with Crippen molar-refractivity contribution in [3.63, 3.8) is 0 Å². The van der Waals surface area contributed by atoms with Gasteiger partial charge < -0.3 is 14.6 Å². The van der Waals surface area contributed by atoms with Crippen LogP contribution in [0.25, 0.3) is 0 Å². The lowest BCUT2D eigenvalue weighted by molar-refractivity contribution is 0.0342. The van der Waals surface area contributed by atoms with Crippen LogP contribution in [-0.2, 0) is 17.8 Å². The van der Waals surface area contributed by atoms with Gasteiger partial charge in [-0.2, -0.15) is 0 Å². The van der Waals surface area contributed by atoms with Crippen LogP contribution in [0.5, 0.6) is 0 Å². The van der Waals surface area contributed by atoms with Gasteiger partial charge in [-0.05, 0) is 35.4 Å². The van der Waals surface area contributed by atoms with Gasteiger partial charge in [-0.15, -0.1) is 0 Å². The first-order valence-corrected chi connectivity index (χ1v) is 9.51. The number of amides is 1. The molecule has 1 amide bonds. The van der Waals surface area contributed by atoms with Gasteiger partial charge in [-0.1, -0.05) is 24.3 Å². The SMILES string of the molecule is O=C(Nc1ccc(CN2CCOCC2)cc1)c1cccc(Cn2ccnc2)c1. The second-order valence-electron chi connectivity index (χ2n) is 6.97. The van der Waals surface area contributed by atoms with Gasteiger partial charge in [-0.3, -0.25) is 9.69 Å². The monoisotopic (exact) mass is 376 g/mol. The zero-order valence-corrected chi connectivity index (χ0v) is 15.8. The molecule has 28 heavy (non-hydrogen) atoms. The molecule has 0 bridgehead atoms. The average Bonchev–Trinajstić information content (AvgIpc) is 3.23. The van der Waals surface area contributed by atoms with Crippen molar-refractivity contribution in [3.05, 3.63) is 83.9 Å². The predicted octanol–water partition coefficient (Wildman–Crippen LogP) is 3.02. The number of benzene rings is 2. The highest BCUT2D eigenvalue weighted by Crippen LogP contribution is 2.15. The maximum atomic E-state index is 12.6. The molecule has 0 unspecified atom stereocenters. The maximum absolute atomic E-state index is 12.6. The lowest BCUT2D eigenvalue weighted by Crippen LogP contribution is -2.35. The van der Waals surface area contributed by atoms with E-state index in [0.29, 0.717) is 12.1 Å². The van der Waals surface area contributed by atoms with Crippen LogP contribution in [0.3, 0.4) is 0 Å². The Bertz CT molecular complexity index is 901. The topological polar surface area (TPSA) is 59.4 Å². The standard InChI is InChI=1S/C22H24N4O2/c27-22(20-3-1-2-19(14-20)16-26-9-8-23-17-26)24-21-6-4-18(5-7-21)15-25-10-12-28-13-11-25/h1-9,14,17H,10-13,15-16H2,(H,24,27). The van der Waals surface area contributed by atoms with Gasteiger partial charge in [0.1, 0.15) is 0 Å². The van der Waals surface area contributed by atoms with E-state index in [-0.39, 0.29) is 5.91 Å². The molecule has 0 radical (unpaired) electrons. The zero-order valence-electron chi connectivity index (χ0n) is 15.8. The van der Waals surface area contributed by atoms with Crippen LogP contribution in [0.4, 0.5) is 5.69 Å². The number of carbonyl (C=O) groups is 1. The summed E-state index contributed by atoms with van der Waals surface area (Å²) < 4.78 is 7.36. The third-order valence-corrected chi connectivity index (χ3v) is 4.84. The Morgan fingerprint density at radius 2 is 1.86 bits per heavy atom. The molecule has 6 nitrogen and oxygen atoms in total. The minimum atomic E-state index is -0.103. The molecule has 4 rings (SSSR count). The van der Waals surface area contributed by atoms with E-state index in [1.165, 1.54) is 5.56 Å². The van der Waals surface area contributed by atoms with Gasteiger partial charge in [-0.25, -0.2) is 4.98 Å². The molecule has 6 heteroatoms. The Morgan fingerprint density at radius 1 is 1.04 bits per heavy atom. The maximum Gasteiger partial charge on any atom is 0.255 e. The number of carbonyl (C=O) groups excluding carboxylic acids is 1. The minimum absolute atomic E-state index is 0.103. The van der Waals surface area contributed by atoms with E-state index >= 15 is 0 Å². The van der Waals surface area contributed by atoms with Crippen molar-refractivity contribution >= 4 is 11.6 Å². The minimum Gasteiger partial charge on any atom is -0.379 e. The summed E-state index contributed by atoms with van der Waals surface area (Å²) in [6.07, 6.45) is 5.43. The zero-order chi connectivity index (χ0) is 19.2. The van der Waals surface area contributed by atoms with Crippen molar-refractivity contribution in [2.75, 3.05) is 31.6 Å². The van der Waals surface area contributed by atoms with Crippen LogP contribution in [-0.4, -0.2) is 46.7 Å².